The van der Waals surface area contributed by atoms with Crippen molar-refractivity contribution in [2.75, 3.05) is 26.2 Å². The van der Waals surface area contributed by atoms with Crippen molar-refractivity contribution in [2.24, 2.45) is 0 Å². The van der Waals surface area contributed by atoms with E-state index in [2.05, 4.69) is 30.6 Å². The van der Waals surface area contributed by atoms with Gasteiger partial charge in [-0.25, -0.2) is 14.4 Å². The smallest absolute Gasteiger partial charge is 0.346 e. The van der Waals surface area contributed by atoms with E-state index in [4.69, 9.17) is 0 Å². The van der Waals surface area contributed by atoms with Gasteiger partial charge in [-0.3, -0.25) is 9.69 Å². The molecule has 1 radical (unpaired) electrons. The minimum atomic E-state index is -4.71. The van der Waals surface area contributed by atoms with E-state index in [9.17, 15) is 22.4 Å². The first-order valence-electron chi connectivity index (χ1n) is 12.0. The van der Waals surface area contributed by atoms with Crippen LogP contribution in [0, 0.1) is 11.9 Å². The number of halogens is 4. The zero-order valence-corrected chi connectivity index (χ0v) is 19.7. The molecule has 11 heteroatoms. The summed E-state index contributed by atoms with van der Waals surface area (Å²) in [5.41, 5.74) is 1.26. The molecular weight excluding hydrogens is 488 g/mol. The molecule has 0 atom stereocenters. The molecule has 5 heterocycles. The lowest BCUT2D eigenvalue weighted by molar-refractivity contribution is -0.137. The molecule has 1 amide bonds. The SMILES string of the molecule is O=C(c1cc(F)cc(C(F)(F)F)c1)N1CCC(N2C[C](n3ccc(-c4ncnc5[nH]ccc45)c3)C2)CC1. The number of benzene rings is 1. The van der Waals surface area contributed by atoms with Crippen molar-refractivity contribution < 1.29 is 22.4 Å². The quantitative estimate of drug-likeness (QED) is 0.407. The number of amides is 1. The number of hydrogen-bond donors (Lipinski definition) is 1. The van der Waals surface area contributed by atoms with Crippen LogP contribution in [-0.4, -0.2) is 67.4 Å². The first-order chi connectivity index (χ1) is 17.8. The predicted octanol–water partition coefficient (Wildman–Crippen LogP) is 4.58. The number of carbonyl (C=O) groups is 1. The van der Waals surface area contributed by atoms with E-state index < -0.39 is 23.5 Å². The summed E-state index contributed by atoms with van der Waals surface area (Å²) in [7, 11) is 0. The molecule has 2 saturated heterocycles. The Morgan fingerprint density at radius 2 is 1.84 bits per heavy atom. The maximum Gasteiger partial charge on any atom is 0.416 e. The second kappa shape index (κ2) is 8.98. The highest BCUT2D eigenvalue weighted by atomic mass is 19.4. The number of aromatic amines is 1. The lowest BCUT2D eigenvalue weighted by Gasteiger charge is -2.47. The molecule has 6 rings (SSSR count). The van der Waals surface area contributed by atoms with Crippen LogP contribution >= 0.6 is 0 Å². The van der Waals surface area contributed by atoms with Crippen molar-refractivity contribution in [3.63, 3.8) is 0 Å². The summed E-state index contributed by atoms with van der Waals surface area (Å²) in [5, 5.41) is 0.967. The third-order valence-electron chi connectivity index (χ3n) is 7.20. The number of fused-ring (bicyclic) bond motifs is 1. The average Bonchev–Trinajstić information content (AvgIpc) is 3.52. The number of likely N-dealkylation sites (tertiary alicyclic amines) is 2. The first-order valence-corrected chi connectivity index (χ1v) is 12.0. The number of H-pyrrole nitrogens is 1. The molecular formula is C26H23F4N6O. The van der Waals surface area contributed by atoms with Gasteiger partial charge in [0.05, 0.1) is 17.3 Å². The van der Waals surface area contributed by atoms with E-state index in [1.165, 1.54) is 10.9 Å². The highest BCUT2D eigenvalue weighted by Crippen LogP contribution is 2.33. The van der Waals surface area contributed by atoms with Crippen molar-refractivity contribution in [1.82, 2.24) is 29.3 Å². The Morgan fingerprint density at radius 3 is 2.59 bits per heavy atom. The summed E-state index contributed by atoms with van der Waals surface area (Å²) < 4.78 is 54.9. The van der Waals surface area contributed by atoms with Gasteiger partial charge < -0.3 is 14.5 Å². The van der Waals surface area contributed by atoms with Gasteiger partial charge in [-0.05, 0) is 43.2 Å². The second-order valence-electron chi connectivity index (χ2n) is 9.49. The molecule has 191 valence electrons. The Labute approximate surface area is 209 Å². The van der Waals surface area contributed by atoms with E-state index in [-0.39, 0.29) is 11.6 Å². The minimum Gasteiger partial charge on any atom is -0.346 e. The molecule has 3 aromatic heterocycles. The zero-order valence-electron chi connectivity index (χ0n) is 19.7. The third-order valence-corrected chi connectivity index (χ3v) is 7.20. The van der Waals surface area contributed by atoms with Crippen LogP contribution < -0.4 is 0 Å². The summed E-state index contributed by atoms with van der Waals surface area (Å²) in [6, 6.07) is 7.52. The number of rotatable bonds is 4. The van der Waals surface area contributed by atoms with Crippen LogP contribution in [-0.2, 0) is 6.18 Å². The van der Waals surface area contributed by atoms with Gasteiger partial charge in [0.15, 0.2) is 0 Å². The Kier molecular flexibility index (Phi) is 5.74. The van der Waals surface area contributed by atoms with Crippen molar-refractivity contribution in [1.29, 1.82) is 0 Å². The third kappa shape index (κ3) is 4.48. The molecule has 37 heavy (non-hydrogen) atoms. The Hall–Kier alpha value is -3.73. The van der Waals surface area contributed by atoms with Gasteiger partial charge in [0.25, 0.3) is 5.91 Å². The van der Waals surface area contributed by atoms with Crippen LogP contribution in [0.1, 0.15) is 28.8 Å². The molecule has 1 N–H and O–H groups in total. The maximum atomic E-state index is 13.7. The van der Waals surface area contributed by atoms with Crippen LogP contribution in [0.4, 0.5) is 17.6 Å². The highest BCUT2D eigenvalue weighted by Gasteiger charge is 2.37. The van der Waals surface area contributed by atoms with Gasteiger partial charge in [0, 0.05) is 67.3 Å². The number of piperidine rings is 1. The van der Waals surface area contributed by atoms with E-state index in [1.54, 1.807) is 6.33 Å². The molecule has 0 bridgehead atoms. The zero-order chi connectivity index (χ0) is 25.7. The lowest BCUT2D eigenvalue weighted by Crippen LogP contribution is -2.56. The summed E-state index contributed by atoms with van der Waals surface area (Å²) in [6.07, 6.45) is 4.20. The van der Waals surface area contributed by atoms with Gasteiger partial charge in [0.1, 0.15) is 17.8 Å². The summed E-state index contributed by atoms with van der Waals surface area (Å²) >= 11 is 0. The van der Waals surface area contributed by atoms with E-state index >= 15 is 0 Å². The average molecular weight is 512 g/mol. The van der Waals surface area contributed by atoms with Gasteiger partial charge >= 0.3 is 6.18 Å². The van der Waals surface area contributed by atoms with Gasteiger partial charge in [-0.1, -0.05) is 0 Å². The summed E-state index contributed by atoms with van der Waals surface area (Å²) in [4.78, 5) is 28.4. The molecule has 0 saturated carbocycles. The van der Waals surface area contributed by atoms with Crippen molar-refractivity contribution in [2.45, 2.75) is 25.1 Å². The fraction of sp³-hybridized carbons (Fsp3) is 0.308. The van der Waals surface area contributed by atoms with Gasteiger partial charge in [-0.15, -0.1) is 0 Å². The number of hydrogen-bond acceptors (Lipinski definition) is 4. The maximum absolute atomic E-state index is 13.7. The van der Waals surface area contributed by atoms with Crippen molar-refractivity contribution in [3.05, 3.63) is 78.2 Å². The van der Waals surface area contributed by atoms with E-state index in [1.807, 2.05) is 24.5 Å². The topological polar surface area (TPSA) is 70.1 Å². The fourth-order valence-electron chi connectivity index (χ4n) is 5.17. The number of carbonyl (C=O) groups excluding carboxylic acids is 1. The van der Waals surface area contributed by atoms with Crippen LogP contribution in [0.3, 0.4) is 0 Å². The molecule has 1 aromatic carbocycles. The number of aromatic nitrogens is 4. The van der Waals surface area contributed by atoms with Crippen molar-refractivity contribution >= 4 is 16.9 Å². The molecule has 0 aliphatic carbocycles. The second-order valence-corrected chi connectivity index (χ2v) is 9.49. The minimum absolute atomic E-state index is 0.269. The molecule has 2 aliphatic heterocycles. The Bertz CT molecular complexity index is 1450. The van der Waals surface area contributed by atoms with Crippen LogP contribution in [0.2, 0.25) is 0 Å². The van der Waals surface area contributed by atoms with E-state index in [0.717, 1.165) is 47.5 Å². The van der Waals surface area contributed by atoms with Crippen LogP contribution in [0.25, 0.3) is 22.3 Å². The van der Waals surface area contributed by atoms with Gasteiger partial charge in [0.2, 0.25) is 0 Å². The molecule has 0 spiro atoms. The largest absolute Gasteiger partial charge is 0.416 e. The molecule has 7 nitrogen and oxygen atoms in total. The van der Waals surface area contributed by atoms with Crippen molar-refractivity contribution in [3.8, 4) is 11.3 Å². The standard InChI is InChI=1S/C26H23F4N6O/c27-19-10-17(9-18(11-19)26(28,29)30)25(37)34-7-3-20(4-8-34)36-13-21(14-36)35-6-2-16(12-35)23-22-1-5-31-24(22)33-15-32-23/h1-2,5-6,9-12,15,20H,3-4,7-8,13-14H2,(H,31,32,33). The summed E-state index contributed by atoms with van der Waals surface area (Å²) in [6.45, 7) is 2.44. The number of alkyl halides is 3. The normalized spacial score (nSPS) is 17.9. The highest BCUT2D eigenvalue weighted by molar-refractivity contribution is 5.94. The van der Waals surface area contributed by atoms with Gasteiger partial charge in [-0.2, -0.15) is 13.2 Å². The molecule has 2 fully saturated rings. The Morgan fingerprint density at radius 1 is 1.05 bits per heavy atom. The monoisotopic (exact) mass is 511 g/mol. The fourth-order valence-corrected chi connectivity index (χ4v) is 5.17. The van der Waals surface area contributed by atoms with E-state index in [0.29, 0.717) is 32.0 Å². The molecule has 0 unspecified atom stereocenters. The first kappa shape index (κ1) is 23.7. The predicted molar refractivity (Wildman–Crippen MR) is 128 cm³/mol. The summed E-state index contributed by atoms with van der Waals surface area (Å²) in [5.74, 6) is -1.64. The number of nitrogens with zero attached hydrogens (tertiary/aromatic N) is 5. The number of nitrogens with one attached hydrogen (secondary N) is 1. The Balaban J connectivity index is 1.05. The molecule has 4 aromatic rings. The van der Waals surface area contributed by atoms with Crippen LogP contribution in [0.5, 0.6) is 0 Å². The molecule has 2 aliphatic rings. The van der Waals surface area contributed by atoms with Crippen LogP contribution in [0.15, 0.2) is 55.2 Å². The lowest BCUT2D eigenvalue weighted by atomic mass is 9.96.